The summed E-state index contributed by atoms with van der Waals surface area (Å²) in [7, 11) is 0. The molecule has 0 fully saturated rings. The highest BCUT2D eigenvalue weighted by atomic mass is 15.0. The second-order valence-corrected chi connectivity index (χ2v) is 12.0. The monoisotopic (exact) mass is 569 g/mol. The summed E-state index contributed by atoms with van der Waals surface area (Å²) in [6, 6.07) is 60.1. The minimum atomic E-state index is 1.22. The van der Waals surface area contributed by atoms with Crippen LogP contribution >= 0.6 is 0 Å². The maximum Gasteiger partial charge on any atom is 0.0541 e. The van der Waals surface area contributed by atoms with Crippen molar-refractivity contribution >= 4 is 64.9 Å². The van der Waals surface area contributed by atoms with Gasteiger partial charge in [-0.2, -0.15) is 0 Å². The molecule has 0 bridgehead atoms. The SMILES string of the molecule is c1ccc(-c2ccccc2-c2ccc3c4ccc(-n5c6ccccc6c6ccccc65)c5cccc(c6cccc2c63)c54)cc1. The molecule has 208 valence electrons. The average molecular weight is 570 g/mol. The molecule has 0 aliphatic heterocycles. The van der Waals surface area contributed by atoms with Gasteiger partial charge in [0.05, 0.1) is 16.7 Å². The quantitative estimate of drug-likeness (QED) is 0.147. The van der Waals surface area contributed by atoms with Crippen LogP contribution in [0.4, 0.5) is 0 Å². The first-order chi connectivity index (χ1) is 22.4. The molecule has 0 atom stereocenters. The van der Waals surface area contributed by atoms with E-state index in [4.69, 9.17) is 0 Å². The lowest BCUT2D eigenvalue weighted by Crippen LogP contribution is -1.97. The molecule has 0 N–H and O–H groups in total. The van der Waals surface area contributed by atoms with Gasteiger partial charge in [-0.1, -0.05) is 146 Å². The molecule has 1 nitrogen and oxygen atoms in total. The first-order valence-electron chi connectivity index (χ1n) is 15.6. The normalized spacial score (nSPS) is 12.0. The van der Waals surface area contributed by atoms with Crippen molar-refractivity contribution in [1.82, 2.24) is 4.57 Å². The van der Waals surface area contributed by atoms with Crippen LogP contribution in [-0.2, 0) is 0 Å². The lowest BCUT2D eigenvalue weighted by Gasteiger charge is -2.19. The zero-order chi connectivity index (χ0) is 29.5. The summed E-state index contributed by atoms with van der Waals surface area (Å²) >= 11 is 0. The standard InChI is InChI=1S/C44H27N/c1-2-12-28(13-3-1)29-14-4-5-15-30(29)31-24-25-37-38-26-27-42(45-40-22-8-6-16-32(40)33-17-7-9-23-41(33)45)39-21-11-20-36(44(38)39)35-19-10-18-34(31)43(35)37/h1-27H. The number of aromatic nitrogens is 1. The van der Waals surface area contributed by atoms with Gasteiger partial charge in [-0.05, 0) is 78.2 Å². The van der Waals surface area contributed by atoms with E-state index in [2.05, 4.69) is 168 Å². The summed E-state index contributed by atoms with van der Waals surface area (Å²) in [5.74, 6) is 0. The zero-order valence-corrected chi connectivity index (χ0v) is 24.5. The van der Waals surface area contributed by atoms with Gasteiger partial charge in [0.25, 0.3) is 0 Å². The summed E-state index contributed by atoms with van der Waals surface area (Å²) in [6.07, 6.45) is 0. The third-order valence-electron chi connectivity index (χ3n) is 9.76. The Balaban J connectivity index is 1.30. The Morgan fingerprint density at radius 2 is 0.756 bits per heavy atom. The van der Waals surface area contributed by atoms with Crippen molar-refractivity contribution in [1.29, 1.82) is 0 Å². The van der Waals surface area contributed by atoms with Gasteiger partial charge in [0.1, 0.15) is 0 Å². The molecule has 1 aromatic heterocycles. The highest BCUT2D eigenvalue weighted by Gasteiger charge is 2.20. The molecule has 45 heavy (non-hydrogen) atoms. The van der Waals surface area contributed by atoms with Gasteiger partial charge in [-0.3, -0.25) is 0 Å². The molecule has 0 radical (unpaired) electrons. The predicted octanol–water partition coefficient (Wildman–Crippen LogP) is 12.2. The van der Waals surface area contributed by atoms with E-state index in [0.29, 0.717) is 0 Å². The number of fused-ring (bicyclic) bond motifs is 5. The summed E-state index contributed by atoms with van der Waals surface area (Å²) < 4.78 is 2.45. The fraction of sp³-hybridized carbons (Fsp3) is 0. The fourth-order valence-corrected chi connectivity index (χ4v) is 7.90. The maximum atomic E-state index is 2.45. The average Bonchev–Trinajstić information content (AvgIpc) is 3.45. The third kappa shape index (κ3) is 3.38. The molecule has 10 aromatic rings. The number of hydrogen-bond donors (Lipinski definition) is 0. The van der Waals surface area contributed by atoms with Crippen LogP contribution in [0.3, 0.4) is 0 Å². The van der Waals surface area contributed by atoms with Crippen LogP contribution in [0.15, 0.2) is 164 Å². The topological polar surface area (TPSA) is 4.93 Å². The van der Waals surface area contributed by atoms with Gasteiger partial charge in [-0.25, -0.2) is 0 Å². The minimum Gasteiger partial charge on any atom is -0.309 e. The zero-order valence-electron chi connectivity index (χ0n) is 24.5. The van der Waals surface area contributed by atoms with E-state index < -0.39 is 0 Å². The Hall–Kier alpha value is -5.92. The minimum absolute atomic E-state index is 1.22. The Morgan fingerprint density at radius 3 is 1.47 bits per heavy atom. The van der Waals surface area contributed by atoms with Gasteiger partial charge in [0.15, 0.2) is 0 Å². The molecule has 0 saturated carbocycles. The van der Waals surface area contributed by atoms with Crippen molar-refractivity contribution in [3.63, 3.8) is 0 Å². The maximum absolute atomic E-state index is 2.45. The first kappa shape index (κ1) is 24.5. The van der Waals surface area contributed by atoms with Crippen molar-refractivity contribution in [3.05, 3.63) is 164 Å². The van der Waals surface area contributed by atoms with Crippen LogP contribution in [0.5, 0.6) is 0 Å². The molecule has 9 aromatic carbocycles. The Morgan fingerprint density at radius 1 is 0.267 bits per heavy atom. The van der Waals surface area contributed by atoms with Crippen LogP contribution < -0.4 is 0 Å². The lowest BCUT2D eigenvalue weighted by molar-refractivity contribution is 1.20. The summed E-state index contributed by atoms with van der Waals surface area (Å²) in [5.41, 5.74) is 8.72. The van der Waals surface area contributed by atoms with Crippen molar-refractivity contribution in [2.45, 2.75) is 0 Å². The van der Waals surface area contributed by atoms with Crippen molar-refractivity contribution in [2.75, 3.05) is 0 Å². The van der Waals surface area contributed by atoms with E-state index in [-0.39, 0.29) is 0 Å². The Bertz CT molecular complexity index is 2670. The molecule has 0 aliphatic carbocycles. The third-order valence-corrected chi connectivity index (χ3v) is 9.76. The van der Waals surface area contributed by atoms with Crippen molar-refractivity contribution in [3.8, 4) is 27.9 Å². The smallest absolute Gasteiger partial charge is 0.0541 e. The van der Waals surface area contributed by atoms with E-state index in [0.717, 1.165) is 0 Å². The van der Waals surface area contributed by atoms with Crippen molar-refractivity contribution in [2.24, 2.45) is 0 Å². The molecule has 10 rings (SSSR count). The van der Waals surface area contributed by atoms with Crippen LogP contribution in [0.25, 0.3) is 92.8 Å². The number of nitrogens with zero attached hydrogens (tertiary/aromatic N) is 1. The molecular weight excluding hydrogens is 542 g/mol. The highest BCUT2D eigenvalue weighted by molar-refractivity contribution is 6.35. The van der Waals surface area contributed by atoms with E-state index in [1.165, 1.54) is 92.8 Å². The summed E-state index contributed by atoms with van der Waals surface area (Å²) in [5, 5.41) is 13.0. The molecule has 0 unspecified atom stereocenters. The van der Waals surface area contributed by atoms with Crippen molar-refractivity contribution < 1.29 is 0 Å². The lowest BCUT2D eigenvalue weighted by atomic mass is 9.85. The van der Waals surface area contributed by atoms with Crippen LogP contribution in [0, 0.1) is 0 Å². The van der Waals surface area contributed by atoms with E-state index in [9.17, 15) is 0 Å². The molecule has 0 saturated heterocycles. The molecule has 0 spiro atoms. The van der Waals surface area contributed by atoms with Gasteiger partial charge in [0, 0.05) is 16.2 Å². The predicted molar refractivity (Wildman–Crippen MR) is 193 cm³/mol. The highest BCUT2D eigenvalue weighted by Crippen LogP contribution is 2.46. The van der Waals surface area contributed by atoms with Gasteiger partial charge in [-0.15, -0.1) is 0 Å². The second-order valence-electron chi connectivity index (χ2n) is 12.0. The molecular formula is C44H27N. The molecule has 1 heteroatoms. The summed E-state index contributed by atoms with van der Waals surface area (Å²) in [4.78, 5) is 0. The van der Waals surface area contributed by atoms with Crippen LogP contribution in [-0.4, -0.2) is 4.57 Å². The first-order valence-corrected chi connectivity index (χ1v) is 15.6. The number of para-hydroxylation sites is 2. The van der Waals surface area contributed by atoms with Crippen LogP contribution in [0.2, 0.25) is 0 Å². The number of hydrogen-bond acceptors (Lipinski definition) is 0. The Labute approximate surface area is 260 Å². The molecule has 0 amide bonds. The Kier molecular flexibility index (Phi) is 5.06. The van der Waals surface area contributed by atoms with E-state index in [1.54, 1.807) is 0 Å². The van der Waals surface area contributed by atoms with E-state index in [1.807, 2.05) is 0 Å². The molecule has 0 aliphatic rings. The number of rotatable bonds is 3. The second kappa shape index (κ2) is 9.29. The fourth-order valence-electron chi connectivity index (χ4n) is 7.90. The summed E-state index contributed by atoms with van der Waals surface area (Å²) in [6.45, 7) is 0. The van der Waals surface area contributed by atoms with Gasteiger partial charge in [0.2, 0.25) is 0 Å². The number of benzene rings is 9. The molecule has 1 heterocycles. The largest absolute Gasteiger partial charge is 0.309 e. The van der Waals surface area contributed by atoms with Gasteiger partial charge >= 0.3 is 0 Å². The van der Waals surface area contributed by atoms with Crippen LogP contribution in [0.1, 0.15) is 0 Å². The van der Waals surface area contributed by atoms with Gasteiger partial charge < -0.3 is 4.57 Å². The van der Waals surface area contributed by atoms with E-state index >= 15 is 0 Å².